The number of anilines is 7. The van der Waals surface area contributed by atoms with E-state index in [0.717, 1.165) is 0 Å². The first-order chi connectivity index (χ1) is 30.5. The van der Waals surface area contributed by atoms with Gasteiger partial charge >= 0.3 is 0 Å². The summed E-state index contributed by atoms with van der Waals surface area (Å²) in [5, 5.41) is 0. The smallest absolute Gasteiger partial charge is 0.252 e. The Balaban J connectivity index is 1.23. The molecule has 4 atom stereocenters. The van der Waals surface area contributed by atoms with Gasteiger partial charge in [0.25, 0.3) is 6.71 Å². The maximum absolute atomic E-state index is 2.94. The lowest BCUT2D eigenvalue weighted by atomic mass is 9.33. The minimum Gasteiger partial charge on any atom is -0.335 e. The number of nitrogens with zero attached hydrogens (tertiary/aromatic N) is 3. The topological polar surface area (TPSA) is 9.72 Å². The number of para-hydroxylation sites is 1. The fraction of sp³-hybridized carbons (Fsp3) is 0.400. The fourth-order valence-electron chi connectivity index (χ4n) is 14.2. The second-order valence-electron chi connectivity index (χ2n) is 23.6. The van der Waals surface area contributed by atoms with E-state index in [0.29, 0.717) is 0 Å². The van der Waals surface area contributed by atoms with Gasteiger partial charge in [-0.2, -0.15) is 0 Å². The molecule has 4 unspecified atom stereocenters. The van der Waals surface area contributed by atoms with Crippen molar-refractivity contribution >= 4 is 62.9 Å². The van der Waals surface area contributed by atoms with Gasteiger partial charge in [0.1, 0.15) is 0 Å². The van der Waals surface area contributed by atoms with Crippen LogP contribution in [0.5, 0.6) is 0 Å². The van der Waals surface area contributed by atoms with Crippen LogP contribution in [0.4, 0.5) is 39.8 Å². The summed E-state index contributed by atoms with van der Waals surface area (Å²) in [5.41, 5.74) is 22.2. The maximum atomic E-state index is 2.94. The van der Waals surface area contributed by atoms with Crippen molar-refractivity contribution in [2.24, 2.45) is 0 Å². The predicted octanol–water partition coefficient (Wildman–Crippen LogP) is 14.0. The normalized spacial score (nSPS) is 26.2. The van der Waals surface area contributed by atoms with Crippen LogP contribution >= 0.6 is 0 Å². The molecule has 0 radical (unpaired) electrons. The van der Waals surface area contributed by atoms with E-state index in [1.165, 1.54) is 135 Å². The van der Waals surface area contributed by atoms with Gasteiger partial charge < -0.3 is 14.7 Å². The monoisotopic (exact) mass is 840 g/mol. The van der Waals surface area contributed by atoms with E-state index in [-0.39, 0.29) is 39.5 Å². The Morgan fingerprint density at radius 3 is 1.80 bits per heavy atom. The largest absolute Gasteiger partial charge is 0.335 e. The Morgan fingerprint density at radius 1 is 0.453 bits per heavy atom. The molecule has 6 aromatic carbocycles. The first-order valence-electron chi connectivity index (χ1n) is 24.6. The van der Waals surface area contributed by atoms with E-state index in [2.05, 4.69) is 205 Å². The van der Waals surface area contributed by atoms with Crippen molar-refractivity contribution in [2.45, 2.75) is 153 Å². The number of fused-ring (bicyclic) bond motifs is 10. The molecule has 0 bridgehead atoms. The first-order valence-corrected chi connectivity index (χ1v) is 24.6. The molecule has 0 aromatic heterocycles. The Bertz CT molecular complexity index is 2920. The summed E-state index contributed by atoms with van der Waals surface area (Å²) in [5.74, 6) is 0. The Morgan fingerprint density at radius 2 is 1.08 bits per heavy atom. The summed E-state index contributed by atoms with van der Waals surface area (Å²) in [6, 6.07) is 48.3. The third-order valence-electron chi connectivity index (χ3n) is 18.2. The average Bonchev–Trinajstić information content (AvgIpc) is 3.62. The summed E-state index contributed by atoms with van der Waals surface area (Å²) < 4.78 is 0. The van der Waals surface area contributed by atoms with Crippen LogP contribution in [0.1, 0.15) is 143 Å². The van der Waals surface area contributed by atoms with Gasteiger partial charge in [0.15, 0.2) is 0 Å². The average molecular weight is 840 g/mol. The van der Waals surface area contributed by atoms with Crippen molar-refractivity contribution in [3.8, 4) is 11.1 Å². The lowest BCUT2D eigenvalue weighted by Gasteiger charge is -2.54. The molecule has 0 N–H and O–H groups in total. The van der Waals surface area contributed by atoms with Crippen LogP contribution in [-0.4, -0.2) is 17.8 Å². The van der Waals surface area contributed by atoms with Crippen LogP contribution in [-0.2, 0) is 21.7 Å². The Labute approximate surface area is 384 Å². The lowest BCUT2D eigenvalue weighted by molar-refractivity contribution is 0.194. The van der Waals surface area contributed by atoms with Crippen LogP contribution < -0.4 is 31.1 Å². The summed E-state index contributed by atoms with van der Waals surface area (Å²) in [7, 11) is 0. The quantitative estimate of drug-likeness (QED) is 0.164. The van der Waals surface area contributed by atoms with Gasteiger partial charge in [-0.1, -0.05) is 160 Å². The molecule has 2 fully saturated rings. The highest BCUT2D eigenvalue weighted by Gasteiger charge is 2.63. The molecule has 324 valence electrons. The summed E-state index contributed by atoms with van der Waals surface area (Å²) >= 11 is 0. The molecule has 4 aliphatic heterocycles. The minimum absolute atomic E-state index is 0.00372. The van der Waals surface area contributed by atoms with Crippen molar-refractivity contribution in [3.05, 3.63) is 144 Å². The molecule has 0 saturated heterocycles. The Hall–Kier alpha value is -5.22. The standard InChI is InChI=1S/C60H66BN3/c1-55(2,3)41-23-20-24-43(35-41)62-50-36-42(56(4,5)6)27-28-47(50)61-48-34-40(39-21-12-11-13-22-39)33-46-54(48)64(60(10)32-19-17-30-58(46,60)8)52-38-44(37-51(62)53(52)61)63-49-26-15-14-25-45(49)57(7)29-16-18-31-59(57,63)9/h11-15,20-28,33-38H,16-19,29-32H2,1-10H3. The number of rotatable bonds is 3. The van der Waals surface area contributed by atoms with E-state index in [4.69, 9.17) is 0 Å². The molecule has 4 heterocycles. The SMILES string of the molecule is CC(C)(C)c1cccc(N2c3cc(C(C)(C)C)ccc3B3c4cc(-c5ccccc5)cc5c4N(c4cc(N6c7ccccc7C7(C)CCCCC67C)cc2c43)C2(C)CCCCC52C)c1. The molecule has 0 spiro atoms. The molecule has 2 aliphatic carbocycles. The van der Waals surface area contributed by atoms with Crippen LogP contribution in [0.3, 0.4) is 0 Å². The third kappa shape index (κ3) is 5.18. The highest BCUT2D eigenvalue weighted by Crippen LogP contribution is 2.65. The van der Waals surface area contributed by atoms with Crippen molar-refractivity contribution < 1.29 is 0 Å². The van der Waals surface area contributed by atoms with Gasteiger partial charge in [0.05, 0.1) is 11.1 Å². The zero-order chi connectivity index (χ0) is 44.3. The molecule has 6 aliphatic rings. The predicted molar refractivity (Wildman–Crippen MR) is 274 cm³/mol. The number of hydrogen-bond acceptors (Lipinski definition) is 3. The zero-order valence-corrected chi connectivity index (χ0v) is 40.1. The van der Waals surface area contributed by atoms with Gasteiger partial charge in [-0.15, -0.1) is 0 Å². The van der Waals surface area contributed by atoms with Crippen molar-refractivity contribution in [1.29, 1.82) is 0 Å². The first kappa shape index (κ1) is 40.3. The molecular weight excluding hydrogens is 773 g/mol. The number of benzene rings is 6. The molecule has 4 heteroatoms. The maximum Gasteiger partial charge on any atom is 0.252 e. The fourth-order valence-corrected chi connectivity index (χ4v) is 14.2. The van der Waals surface area contributed by atoms with Crippen LogP contribution in [0.2, 0.25) is 0 Å². The van der Waals surface area contributed by atoms with Crippen LogP contribution in [0, 0.1) is 0 Å². The van der Waals surface area contributed by atoms with E-state index >= 15 is 0 Å². The van der Waals surface area contributed by atoms with Gasteiger partial charge in [-0.25, -0.2) is 0 Å². The minimum atomic E-state index is -0.0888. The summed E-state index contributed by atoms with van der Waals surface area (Å²) in [6.07, 6.45) is 9.83. The molecule has 3 nitrogen and oxygen atoms in total. The second-order valence-corrected chi connectivity index (χ2v) is 23.6. The Kier molecular flexibility index (Phi) is 8.32. The molecule has 12 rings (SSSR count). The highest BCUT2D eigenvalue weighted by molar-refractivity contribution is 7.00. The van der Waals surface area contributed by atoms with Crippen molar-refractivity contribution in [2.75, 3.05) is 14.7 Å². The summed E-state index contributed by atoms with van der Waals surface area (Å²) in [6.45, 7) is 24.7. The van der Waals surface area contributed by atoms with E-state index in [1.807, 2.05) is 0 Å². The van der Waals surface area contributed by atoms with Gasteiger partial charge in [-0.3, -0.25) is 0 Å². The van der Waals surface area contributed by atoms with Gasteiger partial charge in [0.2, 0.25) is 0 Å². The zero-order valence-electron chi connectivity index (χ0n) is 40.1. The highest BCUT2D eigenvalue weighted by atomic mass is 15.3. The van der Waals surface area contributed by atoms with Gasteiger partial charge in [0, 0.05) is 50.6 Å². The number of hydrogen-bond donors (Lipinski definition) is 0. The van der Waals surface area contributed by atoms with Crippen molar-refractivity contribution in [3.63, 3.8) is 0 Å². The third-order valence-corrected chi connectivity index (χ3v) is 18.2. The van der Waals surface area contributed by atoms with E-state index < -0.39 is 0 Å². The summed E-state index contributed by atoms with van der Waals surface area (Å²) in [4.78, 5) is 8.48. The molecule has 2 saturated carbocycles. The molecule has 6 aromatic rings. The van der Waals surface area contributed by atoms with Crippen molar-refractivity contribution in [1.82, 2.24) is 0 Å². The van der Waals surface area contributed by atoms with Crippen LogP contribution in [0.25, 0.3) is 11.1 Å². The van der Waals surface area contributed by atoms with Gasteiger partial charge in [-0.05, 0) is 143 Å². The van der Waals surface area contributed by atoms with E-state index in [9.17, 15) is 0 Å². The molecular formula is C60H66BN3. The van der Waals surface area contributed by atoms with E-state index in [1.54, 1.807) is 5.56 Å². The second kappa shape index (κ2) is 13.2. The van der Waals surface area contributed by atoms with Crippen LogP contribution in [0.15, 0.2) is 121 Å². The molecule has 64 heavy (non-hydrogen) atoms. The lowest BCUT2D eigenvalue weighted by Crippen LogP contribution is -2.64. The molecule has 0 amide bonds.